The zero-order valence-electron chi connectivity index (χ0n) is 11.1. The highest BCUT2D eigenvalue weighted by Crippen LogP contribution is 2.08. The van der Waals surface area contributed by atoms with Crippen LogP contribution in [0.3, 0.4) is 0 Å². The van der Waals surface area contributed by atoms with Gasteiger partial charge in [0.15, 0.2) is 0 Å². The van der Waals surface area contributed by atoms with E-state index in [0.29, 0.717) is 19.4 Å². The van der Waals surface area contributed by atoms with E-state index in [2.05, 4.69) is 20.9 Å². The fourth-order valence-corrected chi connectivity index (χ4v) is 2.53. The Morgan fingerprint density at radius 2 is 2.30 bits per heavy atom. The fraction of sp³-hybridized carbons (Fsp3) is 0.500. The molecule has 1 fully saturated rings. The molecular formula is C12H16N4O3S. The van der Waals surface area contributed by atoms with Crippen molar-refractivity contribution in [3.05, 3.63) is 16.1 Å². The summed E-state index contributed by atoms with van der Waals surface area (Å²) >= 11 is 1.58. The number of urea groups is 1. The normalized spacial score (nSPS) is 17.8. The molecule has 2 heterocycles. The number of hydrogen-bond acceptors (Lipinski definition) is 5. The summed E-state index contributed by atoms with van der Waals surface area (Å²) in [6, 6.07) is -1.10. The van der Waals surface area contributed by atoms with Crippen LogP contribution < -0.4 is 16.0 Å². The Morgan fingerprint density at radius 3 is 2.90 bits per heavy atom. The fourth-order valence-electron chi connectivity index (χ4n) is 1.88. The number of rotatable bonds is 6. The van der Waals surface area contributed by atoms with E-state index in [1.807, 2.05) is 12.3 Å². The minimum absolute atomic E-state index is 0.133. The first-order valence-electron chi connectivity index (χ1n) is 6.33. The van der Waals surface area contributed by atoms with Gasteiger partial charge in [0.25, 0.3) is 5.91 Å². The van der Waals surface area contributed by atoms with E-state index in [4.69, 9.17) is 0 Å². The molecule has 7 nitrogen and oxygen atoms in total. The van der Waals surface area contributed by atoms with E-state index in [-0.39, 0.29) is 18.2 Å². The van der Waals surface area contributed by atoms with Crippen LogP contribution in [-0.4, -0.2) is 35.4 Å². The van der Waals surface area contributed by atoms with Gasteiger partial charge < -0.3 is 10.6 Å². The van der Waals surface area contributed by atoms with E-state index in [1.165, 1.54) is 0 Å². The molecule has 0 bridgehead atoms. The molecule has 1 aliphatic rings. The highest BCUT2D eigenvalue weighted by molar-refractivity contribution is 7.09. The standard InChI is InChI=1S/C12H16N4O3S/c1-7-14-8(6-20-7)4-5-13-10(17)3-2-9-11(18)16-12(19)15-9/h6,9H,2-5H2,1H3,(H,13,17)(H2,15,16,18,19). The van der Waals surface area contributed by atoms with E-state index in [1.54, 1.807) is 11.3 Å². The summed E-state index contributed by atoms with van der Waals surface area (Å²) < 4.78 is 0. The van der Waals surface area contributed by atoms with E-state index >= 15 is 0 Å². The van der Waals surface area contributed by atoms with Crippen LogP contribution in [0.4, 0.5) is 4.79 Å². The van der Waals surface area contributed by atoms with Crippen molar-refractivity contribution < 1.29 is 14.4 Å². The minimum atomic E-state index is -0.602. The molecule has 3 N–H and O–H groups in total. The van der Waals surface area contributed by atoms with Crippen molar-refractivity contribution in [1.29, 1.82) is 0 Å². The molecule has 20 heavy (non-hydrogen) atoms. The number of aryl methyl sites for hydroxylation is 1. The van der Waals surface area contributed by atoms with Crippen molar-refractivity contribution in [3.8, 4) is 0 Å². The number of carbonyl (C=O) groups is 3. The molecule has 1 atom stereocenters. The van der Waals surface area contributed by atoms with Crippen LogP contribution in [0.25, 0.3) is 0 Å². The van der Waals surface area contributed by atoms with Gasteiger partial charge in [0.1, 0.15) is 6.04 Å². The van der Waals surface area contributed by atoms with Gasteiger partial charge in [0.05, 0.1) is 10.7 Å². The maximum Gasteiger partial charge on any atom is 0.322 e. The van der Waals surface area contributed by atoms with Crippen LogP contribution >= 0.6 is 11.3 Å². The zero-order valence-corrected chi connectivity index (χ0v) is 11.9. The van der Waals surface area contributed by atoms with Gasteiger partial charge in [-0.1, -0.05) is 0 Å². The SMILES string of the molecule is Cc1nc(CCNC(=O)CCC2NC(=O)NC2=O)cs1. The molecule has 108 valence electrons. The molecule has 0 aliphatic carbocycles. The van der Waals surface area contributed by atoms with E-state index in [9.17, 15) is 14.4 Å². The molecule has 8 heteroatoms. The highest BCUT2D eigenvalue weighted by atomic mass is 32.1. The number of amides is 4. The predicted molar refractivity (Wildman–Crippen MR) is 73.3 cm³/mol. The Labute approximate surface area is 120 Å². The molecular weight excluding hydrogens is 280 g/mol. The monoisotopic (exact) mass is 296 g/mol. The lowest BCUT2D eigenvalue weighted by molar-refractivity contribution is -0.122. The molecule has 1 aromatic heterocycles. The first-order valence-corrected chi connectivity index (χ1v) is 7.21. The third-order valence-electron chi connectivity index (χ3n) is 2.89. The molecule has 0 aromatic carbocycles. The number of thiazole rings is 1. The van der Waals surface area contributed by atoms with Crippen LogP contribution in [0.1, 0.15) is 23.5 Å². The summed E-state index contributed by atoms with van der Waals surface area (Å²) in [6.45, 7) is 2.46. The molecule has 4 amide bonds. The lowest BCUT2D eigenvalue weighted by Gasteiger charge is -2.07. The molecule has 1 saturated heterocycles. The van der Waals surface area contributed by atoms with Crippen molar-refractivity contribution in [2.75, 3.05) is 6.54 Å². The first kappa shape index (κ1) is 14.4. The lowest BCUT2D eigenvalue weighted by Crippen LogP contribution is -2.32. The number of nitrogens with one attached hydrogen (secondary N) is 3. The van der Waals surface area contributed by atoms with E-state index in [0.717, 1.165) is 10.7 Å². The third-order valence-corrected chi connectivity index (χ3v) is 3.71. The van der Waals surface area contributed by atoms with Gasteiger partial charge in [0.2, 0.25) is 5.91 Å². The third kappa shape index (κ3) is 4.02. The molecule has 1 unspecified atom stereocenters. The maximum absolute atomic E-state index is 11.6. The average Bonchev–Trinajstić information content (AvgIpc) is 2.93. The van der Waals surface area contributed by atoms with Crippen LogP contribution in [0, 0.1) is 6.92 Å². The van der Waals surface area contributed by atoms with Gasteiger partial charge in [-0.05, 0) is 13.3 Å². The minimum Gasteiger partial charge on any atom is -0.356 e. The van der Waals surface area contributed by atoms with Gasteiger partial charge in [-0.3, -0.25) is 14.9 Å². The highest BCUT2D eigenvalue weighted by Gasteiger charge is 2.29. The Balaban J connectivity index is 1.63. The smallest absolute Gasteiger partial charge is 0.322 e. The van der Waals surface area contributed by atoms with E-state index < -0.39 is 12.1 Å². The second kappa shape index (κ2) is 6.47. The van der Waals surface area contributed by atoms with Crippen LogP contribution in [0.15, 0.2) is 5.38 Å². The van der Waals surface area contributed by atoms with Gasteiger partial charge in [-0.2, -0.15) is 0 Å². The quantitative estimate of drug-likeness (QED) is 0.648. The van der Waals surface area contributed by atoms with Crippen molar-refractivity contribution in [2.45, 2.75) is 32.2 Å². The number of nitrogens with zero attached hydrogens (tertiary/aromatic N) is 1. The molecule has 0 radical (unpaired) electrons. The lowest BCUT2D eigenvalue weighted by atomic mass is 10.1. The Kier molecular flexibility index (Phi) is 4.67. The van der Waals surface area contributed by atoms with Crippen molar-refractivity contribution in [1.82, 2.24) is 20.9 Å². The molecule has 1 aromatic rings. The number of imide groups is 1. The zero-order chi connectivity index (χ0) is 14.5. The van der Waals surface area contributed by atoms with Crippen LogP contribution in [0.5, 0.6) is 0 Å². The second-order valence-electron chi connectivity index (χ2n) is 4.51. The number of aromatic nitrogens is 1. The first-order chi connectivity index (χ1) is 9.54. The predicted octanol–water partition coefficient (Wildman–Crippen LogP) is 0.0984. The average molecular weight is 296 g/mol. The summed E-state index contributed by atoms with van der Waals surface area (Å²) in [6.07, 6.45) is 1.20. The summed E-state index contributed by atoms with van der Waals surface area (Å²) in [5, 5.41) is 10.3. The number of hydrogen-bond donors (Lipinski definition) is 3. The Hall–Kier alpha value is -1.96. The second-order valence-corrected chi connectivity index (χ2v) is 5.57. The molecule has 0 spiro atoms. The Morgan fingerprint density at radius 1 is 1.50 bits per heavy atom. The summed E-state index contributed by atoms with van der Waals surface area (Å²) in [4.78, 5) is 38.1. The van der Waals surface area contributed by atoms with Gasteiger partial charge in [-0.15, -0.1) is 11.3 Å². The van der Waals surface area contributed by atoms with Gasteiger partial charge >= 0.3 is 6.03 Å². The largest absolute Gasteiger partial charge is 0.356 e. The van der Waals surface area contributed by atoms with Crippen LogP contribution in [-0.2, 0) is 16.0 Å². The maximum atomic E-state index is 11.6. The number of carbonyl (C=O) groups excluding carboxylic acids is 3. The molecule has 1 aliphatic heterocycles. The summed E-state index contributed by atoms with van der Waals surface area (Å²) in [7, 11) is 0. The van der Waals surface area contributed by atoms with Gasteiger partial charge in [0, 0.05) is 24.8 Å². The Bertz CT molecular complexity index is 529. The van der Waals surface area contributed by atoms with Crippen molar-refractivity contribution in [3.63, 3.8) is 0 Å². The summed E-state index contributed by atoms with van der Waals surface area (Å²) in [5.74, 6) is -0.508. The topological polar surface area (TPSA) is 100 Å². The van der Waals surface area contributed by atoms with Gasteiger partial charge in [-0.25, -0.2) is 9.78 Å². The summed E-state index contributed by atoms with van der Waals surface area (Å²) in [5.41, 5.74) is 0.968. The van der Waals surface area contributed by atoms with Crippen LogP contribution in [0.2, 0.25) is 0 Å². The van der Waals surface area contributed by atoms with Crippen molar-refractivity contribution in [2.24, 2.45) is 0 Å². The van der Waals surface area contributed by atoms with Crippen molar-refractivity contribution >= 4 is 29.2 Å². The molecule has 2 rings (SSSR count). The molecule has 0 saturated carbocycles.